The third-order valence-electron chi connectivity index (χ3n) is 4.11. The fourth-order valence-electron chi connectivity index (χ4n) is 3.08. The molecule has 2 heterocycles. The predicted octanol–water partition coefficient (Wildman–Crippen LogP) is 1.51. The highest BCUT2D eigenvalue weighted by Crippen LogP contribution is 2.35. The predicted molar refractivity (Wildman–Crippen MR) is 71.3 cm³/mol. The molecule has 2 unspecified atom stereocenters. The topological polar surface area (TPSA) is 76.1 Å². The molecule has 2 aliphatic rings. The van der Waals surface area contributed by atoms with Crippen molar-refractivity contribution in [2.24, 2.45) is 11.8 Å². The van der Waals surface area contributed by atoms with Gasteiger partial charge in [0.25, 0.3) is 0 Å². The van der Waals surface area contributed by atoms with Crippen molar-refractivity contribution in [1.82, 2.24) is 4.90 Å². The molecule has 0 bridgehead atoms. The van der Waals surface area contributed by atoms with Gasteiger partial charge < -0.3 is 19.5 Å². The number of likely N-dealkylation sites (tertiary alicyclic amines) is 1. The van der Waals surface area contributed by atoms with E-state index in [1.165, 1.54) is 6.08 Å². The van der Waals surface area contributed by atoms with Crippen LogP contribution in [0.25, 0.3) is 0 Å². The zero-order valence-electron chi connectivity index (χ0n) is 11.5. The summed E-state index contributed by atoms with van der Waals surface area (Å²) in [6, 6.07) is 0. The molecule has 2 atom stereocenters. The van der Waals surface area contributed by atoms with Crippen LogP contribution in [0.1, 0.15) is 19.3 Å². The molecule has 0 aromatic heterocycles. The van der Waals surface area contributed by atoms with E-state index in [0.29, 0.717) is 25.6 Å². The number of hydrogen-bond donors (Lipinski definition) is 1. The van der Waals surface area contributed by atoms with Crippen molar-refractivity contribution < 1.29 is 24.2 Å². The molecule has 1 N–H and O–H groups in total. The van der Waals surface area contributed by atoms with Gasteiger partial charge in [-0.15, -0.1) is 0 Å². The van der Waals surface area contributed by atoms with Crippen LogP contribution in [-0.4, -0.2) is 54.5 Å². The summed E-state index contributed by atoms with van der Waals surface area (Å²) in [6.45, 7) is 5.47. The van der Waals surface area contributed by atoms with E-state index in [4.69, 9.17) is 14.6 Å². The maximum atomic E-state index is 11.7. The summed E-state index contributed by atoms with van der Waals surface area (Å²) in [5, 5.41) is 9.13. The molecular weight excluding hydrogens is 262 g/mol. The first-order valence-electron chi connectivity index (χ1n) is 7.00. The van der Waals surface area contributed by atoms with Crippen molar-refractivity contribution in [1.29, 1.82) is 0 Å². The van der Waals surface area contributed by atoms with Gasteiger partial charge in [-0.05, 0) is 25.2 Å². The summed E-state index contributed by atoms with van der Waals surface area (Å²) in [5.74, 6) is -0.499. The summed E-state index contributed by atoms with van der Waals surface area (Å²) in [4.78, 5) is 24.5. The zero-order chi connectivity index (χ0) is 14.5. The number of carboxylic acids is 1. The summed E-state index contributed by atoms with van der Waals surface area (Å²) < 4.78 is 10.3. The monoisotopic (exact) mass is 283 g/mol. The Morgan fingerprint density at radius 2 is 2.05 bits per heavy atom. The van der Waals surface area contributed by atoms with Gasteiger partial charge in [-0.2, -0.15) is 0 Å². The Kier molecular flexibility index (Phi) is 5.00. The highest BCUT2D eigenvalue weighted by atomic mass is 16.6. The summed E-state index contributed by atoms with van der Waals surface area (Å²) in [7, 11) is 0. The number of aliphatic carboxylic acids is 1. The number of carboxylic acid groups (broad SMARTS) is 1. The van der Waals surface area contributed by atoms with Crippen LogP contribution in [0.5, 0.6) is 0 Å². The van der Waals surface area contributed by atoms with Crippen LogP contribution in [0.15, 0.2) is 12.7 Å². The molecule has 2 aliphatic heterocycles. The molecule has 2 fully saturated rings. The van der Waals surface area contributed by atoms with Gasteiger partial charge in [0.05, 0.1) is 0 Å². The van der Waals surface area contributed by atoms with Crippen molar-refractivity contribution in [2.75, 3.05) is 26.3 Å². The Labute approximate surface area is 118 Å². The van der Waals surface area contributed by atoms with Crippen molar-refractivity contribution in [2.45, 2.75) is 25.4 Å². The van der Waals surface area contributed by atoms with E-state index in [1.807, 2.05) is 0 Å². The van der Waals surface area contributed by atoms with Crippen molar-refractivity contribution in [3.63, 3.8) is 0 Å². The van der Waals surface area contributed by atoms with Gasteiger partial charge in [-0.25, -0.2) is 9.59 Å². The van der Waals surface area contributed by atoms with E-state index in [2.05, 4.69) is 6.58 Å². The first kappa shape index (κ1) is 14.8. The van der Waals surface area contributed by atoms with Gasteiger partial charge >= 0.3 is 12.1 Å². The maximum absolute atomic E-state index is 11.7. The largest absolute Gasteiger partial charge is 0.479 e. The van der Waals surface area contributed by atoms with Crippen LogP contribution in [-0.2, 0) is 14.3 Å². The minimum Gasteiger partial charge on any atom is -0.479 e. The number of hydrogen-bond acceptors (Lipinski definition) is 4. The fourth-order valence-corrected chi connectivity index (χ4v) is 3.08. The minimum atomic E-state index is -0.875. The SMILES string of the molecule is C=CCOC(=O)N1CCC(C2CCOC2C(=O)O)CC1. The fraction of sp³-hybridized carbons (Fsp3) is 0.714. The van der Waals surface area contributed by atoms with Gasteiger partial charge in [0, 0.05) is 25.6 Å². The lowest BCUT2D eigenvalue weighted by molar-refractivity contribution is -0.150. The Hall–Kier alpha value is -1.56. The first-order valence-corrected chi connectivity index (χ1v) is 7.00. The molecule has 0 saturated carbocycles. The molecule has 20 heavy (non-hydrogen) atoms. The normalized spacial score (nSPS) is 27.3. The van der Waals surface area contributed by atoms with Crippen LogP contribution in [0.3, 0.4) is 0 Å². The number of ether oxygens (including phenoxy) is 2. The quantitative estimate of drug-likeness (QED) is 0.791. The molecule has 112 valence electrons. The molecule has 2 rings (SSSR count). The summed E-state index contributed by atoms with van der Waals surface area (Å²) in [5.41, 5.74) is 0. The number of carbonyl (C=O) groups is 2. The van der Waals surface area contributed by atoms with Gasteiger partial charge in [0.1, 0.15) is 6.61 Å². The van der Waals surface area contributed by atoms with Crippen LogP contribution in [0.2, 0.25) is 0 Å². The van der Waals surface area contributed by atoms with E-state index < -0.39 is 12.1 Å². The second kappa shape index (κ2) is 6.74. The van der Waals surface area contributed by atoms with Crippen LogP contribution < -0.4 is 0 Å². The van der Waals surface area contributed by atoms with Gasteiger partial charge in [-0.3, -0.25) is 0 Å². The van der Waals surface area contributed by atoms with Crippen molar-refractivity contribution in [3.8, 4) is 0 Å². The van der Waals surface area contributed by atoms with E-state index in [-0.39, 0.29) is 18.6 Å². The Balaban J connectivity index is 1.83. The standard InChI is InChI=1S/C14H21NO5/c1-2-8-20-14(18)15-6-3-10(4-7-15)11-5-9-19-12(11)13(16)17/h2,10-12H,1,3-9H2,(H,16,17). The molecule has 0 spiro atoms. The smallest absolute Gasteiger partial charge is 0.410 e. The van der Waals surface area contributed by atoms with Crippen LogP contribution in [0.4, 0.5) is 4.79 Å². The maximum Gasteiger partial charge on any atom is 0.410 e. The van der Waals surface area contributed by atoms with E-state index >= 15 is 0 Å². The molecule has 0 aromatic rings. The van der Waals surface area contributed by atoms with Crippen molar-refractivity contribution >= 4 is 12.1 Å². The average Bonchev–Trinajstić information content (AvgIpc) is 2.94. The molecule has 0 radical (unpaired) electrons. The molecule has 0 aliphatic carbocycles. The second-order valence-corrected chi connectivity index (χ2v) is 5.27. The molecule has 6 heteroatoms. The molecule has 0 aromatic carbocycles. The minimum absolute atomic E-state index is 0.0684. The van der Waals surface area contributed by atoms with Crippen LogP contribution >= 0.6 is 0 Å². The molecule has 6 nitrogen and oxygen atoms in total. The van der Waals surface area contributed by atoms with Gasteiger partial charge in [0.15, 0.2) is 6.10 Å². The van der Waals surface area contributed by atoms with Crippen LogP contribution in [0, 0.1) is 11.8 Å². The Morgan fingerprint density at radius 3 is 2.65 bits per heavy atom. The number of piperidine rings is 1. The Bertz CT molecular complexity index is 376. The average molecular weight is 283 g/mol. The third kappa shape index (κ3) is 3.30. The number of amides is 1. The lowest BCUT2D eigenvalue weighted by atomic mass is 9.80. The lowest BCUT2D eigenvalue weighted by Gasteiger charge is -2.34. The summed E-state index contributed by atoms with van der Waals surface area (Å²) >= 11 is 0. The highest BCUT2D eigenvalue weighted by Gasteiger charge is 2.40. The molecule has 2 saturated heterocycles. The zero-order valence-corrected chi connectivity index (χ0v) is 11.5. The third-order valence-corrected chi connectivity index (χ3v) is 4.11. The van der Waals surface area contributed by atoms with Gasteiger partial charge in [0.2, 0.25) is 0 Å². The van der Waals surface area contributed by atoms with E-state index in [9.17, 15) is 9.59 Å². The highest BCUT2D eigenvalue weighted by molar-refractivity contribution is 5.73. The summed E-state index contributed by atoms with van der Waals surface area (Å²) in [6.07, 6.45) is 2.95. The second-order valence-electron chi connectivity index (χ2n) is 5.27. The van der Waals surface area contributed by atoms with Gasteiger partial charge in [-0.1, -0.05) is 12.7 Å². The number of carbonyl (C=O) groups excluding carboxylic acids is 1. The number of nitrogens with zero attached hydrogens (tertiary/aromatic N) is 1. The lowest BCUT2D eigenvalue weighted by Crippen LogP contribution is -2.42. The molecular formula is C14H21NO5. The Morgan fingerprint density at radius 1 is 1.35 bits per heavy atom. The van der Waals surface area contributed by atoms with E-state index in [1.54, 1.807) is 4.90 Å². The number of rotatable bonds is 4. The first-order chi connectivity index (χ1) is 9.63. The van der Waals surface area contributed by atoms with Crippen molar-refractivity contribution in [3.05, 3.63) is 12.7 Å². The van der Waals surface area contributed by atoms with E-state index in [0.717, 1.165) is 19.3 Å². The molecule has 1 amide bonds.